The summed E-state index contributed by atoms with van der Waals surface area (Å²) in [6.07, 6.45) is 0.805. The van der Waals surface area contributed by atoms with Crippen LogP contribution in [0.1, 0.15) is 23.8 Å². The number of rotatable bonds is 5. The summed E-state index contributed by atoms with van der Waals surface area (Å²) >= 11 is 5.93. The summed E-state index contributed by atoms with van der Waals surface area (Å²) in [6.45, 7) is 2.79. The smallest absolute Gasteiger partial charge is 0.239 e. The normalized spacial score (nSPS) is 20.3. The highest BCUT2D eigenvalue weighted by Gasteiger charge is 2.29. The lowest BCUT2D eigenvalue weighted by Gasteiger charge is -2.20. The van der Waals surface area contributed by atoms with E-state index in [1.807, 2.05) is 37.3 Å². The van der Waals surface area contributed by atoms with Crippen LogP contribution < -0.4 is 10.6 Å². The van der Waals surface area contributed by atoms with Gasteiger partial charge >= 0.3 is 0 Å². The van der Waals surface area contributed by atoms with Gasteiger partial charge in [0.05, 0.1) is 18.3 Å². The molecule has 0 radical (unpaired) electrons. The Morgan fingerprint density at radius 1 is 1.42 bits per heavy atom. The average molecular weight is 349 g/mol. The molecule has 6 nitrogen and oxygen atoms in total. The first-order valence-electron chi connectivity index (χ1n) is 7.94. The van der Waals surface area contributed by atoms with Gasteiger partial charge in [0, 0.05) is 30.8 Å². The Labute approximate surface area is 146 Å². The minimum absolute atomic E-state index is 0.0611. The molecule has 128 valence electrons. The van der Waals surface area contributed by atoms with Gasteiger partial charge in [0.2, 0.25) is 5.91 Å². The summed E-state index contributed by atoms with van der Waals surface area (Å²) in [5, 5.41) is 11.1. The van der Waals surface area contributed by atoms with Gasteiger partial charge in [-0.25, -0.2) is 0 Å². The molecule has 1 fully saturated rings. The zero-order valence-corrected chi connectivity index (χ0v) is 14.5. The van der Waals surface area contributed by atoms with E-state index in [-0.39, 0.29) is 24.6 Å². The lowest BCUT2D eigenvalue weighted by molar-refractivity contribution is -0.115. The molecule has 1 aromatic heterocycles. The lowest BCUT2D eigenvalue weighted by Crippen LogP contribution is -2.38. The van der Waals surface area contributed by atoms with Crippen molar-refractivity contribution in [3.8, 4) is 0 Å². The van der Waals surface area contributed by atoms with E-state index in [9.17, 15) is 4.79 Å². The van der Waals surface area contributed by atoms with Gasteiger partial charge in [-0.3, -0.25) is 9.48 Å². The maximum Gasteiger partial charge on any atom is 0.239 e. The van der Waals surface area contributed by atoms with Crippen LogP contribution in [0.4, 0.5) is 5.82 Å². The quantitative estimate of drug-likeness (QED) is 0.870. The number of nitrogens with zero attached hydrogens (tertiary/aromatic N) is 2. The number of nitrogens with one attached hydrogen (secondary N) is 2. The number of amides is 1. The maximum absolute atomic E-state index is 12.1. The van der Waals surface area contributed by atoms with Crippen LogP contribution in [0.2, 0.25) is 5.02 Å². The van der Waals surface area contributed by atoms with Crippen molar-refractivity contribution in [2.45, 2.75) is 25.5 Å². The van der Waals surface area contributed by atoms with E-state index in [1.165, 1.54) is 0 Å². The summed E-state index contributed by atoms with van der Waals surface area (Å²) in [7, 11) is 1.80. The fourth-order valence-electron chi connectivity index (χ4n) is 2.92. The third-order valence-electron chi connectivity index (χ3n) is 4.08. The summed E-state index contributed by atoms with van der Waals surface area (Å²) in [6, 6.07) is 9.58. The molecule has 2 atom stereocenters. The summed E-state index contributed by atoms with van der Waals surface area (Å²) < 4.78 is 7.47. The van der Waals surface area contributed by atoms with E-state index in [2.05, 4.69) is 15.7 Å². The molecule has 0 spiro atoms. The number of hydrogen-bond acceptors (Lipinski definition) is 4. The van der Waals surface area contributed by atoms with Crippen molar-refractivity contribution in [3.63, 3.8) is 0 Å². The molecule has 3 rings (SSSR count). The summed E-state index contributed by atoms with van der Waals surface area (Å²) in [5.41, 5.74) is 1.94. The molecule has 0 saturated carbocycles. The van der Waals surface area contributed by atoms with Crippen LogP contribution in [0.25, 0.3) is 0 Å². The molecule has 0 unspecified atom stereocenters. The standard InChI is InChI=1S/C17H21ClN4O2/c1-11-9-15(22(2)21-11)20-16(23)10-19-14-7-8-24-17(14)12-3-5-13(18)6-4-12/h3-6,9,14,17,19H,7-8,10H2,1-2H3,(H,20,23)/t14-,17+/m1/s1. The number of anilines is 1. The summed E-state index contributed by atoms with van der Waals surface area (Å²) in [4.78, 5) is 12.1. The van der Waals surface area contributed by atoms with Crippen molar-refractivity contribution < 1.29 is 9.53 Å². The van der Waals surface area contributed by atoms with Gasteiger partial charge in [-0.1, -0.05) is 23.7 Å². The molecule has 7 heteroatoms. The van der Waals surface area contributed by atoms with Gasteiger partial charge in [-0.2, -0.15) is 5.10 Å². The van der Waals surface area contributed by atoms with Crippen LogP contribution in [-0.2, 0) is 16.6 Å². The van der Waals surface area contributed by atoms with Crippen molar-refractivity contribution >= 4 is 23.3 Å². The van der Waals surface area contributed by atoms with Crippen molar-refractivity contribution in [1.82, 2.24) is 15.1 Å². The fourth-order valence-corrected chi connectivity index (χ4v) is 3.04. The van der Waals surface area contributed by atoms with Gasteiger partial charge in [0.1, 0.15) is 5.82 Å². The molecule has 0 aliphatic carbocycles. The first kappa shape index (κ1) is 17.0. The monoisotopic (exact) mass is 348 g/mol. The van der Waals surface area contributed by atoms with Gasteiger partial charge in [-0.05, 0) is 31.0 Å². The van der Waals surface area contributed by atoms with E-state index in [4.69, 9.17) is 16.3 Å². The van der Waals surface area contributed by atoms with E-state index < -0.39 is 0 Å². The molecule has 1 aliphatic heterocycles. The van der Waals surface area contributed by atoms with Gasteiger partial charge < -0.3 is 15.4 Å². The van der Waals surface area contributed by atoms with Gasteiger partial charge in [0.25, 0.3) is 0 Å². The number of carbonyl (C=O) groups excluding carboxylic acids is 1. The molecule has 0 bridgehead atoms. The topological polar surface area (TPSA) is 68.2 Å². The molecule has 24 heavy (non-hydrogen) atoms. The van der Waals surface area contributed by atoms with Crippen molar-refractivity contribution in [1.29, 1.82) is 0 Å². The SMILES string of the molecule is Cc1cc(NC(=O)CN[C@@H]2CCO[C@H]2c2ccc(Cl)cc2)n(C)n1. The first-order valence-corrected chi connectivity index (χ1v) is 8.31. The molecule has 1 aromatic carbocycles. The Kier molecular flexibility index (Phi) is 5.18. The number of aryl methyl sites for hydroxylation is 2. The molecule has 2 aromatic rings. The summed E-state index contributed by atoms with van der Waals surface area (Å²) in [5.74, 6) is 0.593. The second-order valence-corrected chi connectivity index (χ2v) is 6.40. The number of aromatic nitrogens is 2. The highest BCUT2D eigenvalue weighted by molar-refractivity contribution is 6.30. The second kappa shape index (κ2) is 7.34. The van der Waals surface area contributed by atoms with E-state index in [1.54, 1.807) is 11.7 Å². The Hall–Kier alpha value is -1.89. The van der Waals surface area contributed by atoms with Gasteiger partial charge in [-0.15, -0.1) is 0 Å². The van der Waals surface area contributed by atoms with Crippen molar-refractivity contribution in [3.05, 3.63) is 46.6 Å². The van der Waals surface area contributed by atoms with Crippen LogP contribution in [-0.4, -0.2) is 34.9 Å². The highest BCUT2D eigenvalue weighted by atomic mass is 35.5. The van der Waals surface area contributed by atoms with E-state index in [0.717, 1.165) is 17.7 Å². The van der Waals surface area contributed by atoms with Crippen LogP contribution in [0.15, 0.2) is 30.3 Å². The van der Waals surface area contributed by atoms with Crippen LogP contribution in [0.5, 0.6) is 0 Å². The highest BCUT2D eigenvalue weighted by Crippen LogP contribution is 2.29. The van der Waals surface area contributed by atoms with Gasteiger partial charge in [0.15, 0.2) is 0 Å². The number of halogens is 1. The average Bonchev–Trinajstić information content (AvgIpc) is 3.13. The minimum atomic E-state index is -0.0974. The van der Waals surface area contributed by atoms with Crippen LogP contribution in [0, 0.1) is 6.92 Å². The predicted octanol–water partition coefficient (Wildman–Crippen LogP) is 2.44. The molecular formula is C17H21ClN4O2. The third-order valence-corrected chi connectivity index (χ3v) is 4.34. The largest absolute Gasteiger partial charge is 0.372 e. The zero-order chi connectivity index (χ0) is 17.1. The Morgan fingerprint density at radius 3 is 2.83 bits per heavy atom. The number of hydrogen-bond donors (Lipinski definition) is 2. The fraction of sp³-hybridized carbons (Fsp3) is 0.412. The number of benzene rings is 1. The Balaban J connectivity index is 1.56. The van der Waals surface area contributed by atoms with Crippen molar-refractivity contribution in [2.75, 3.05) is 18.5 Å². The van der Waals surface area contributed by atoms with Crippen molar-refractivity contribution in [2.24, 2.45) is 7.05 Å². The predicted molar refractivity (Wildman–Crippen MR) is 93.1 cm³/mol. The molecule has 2 heterocycles. The zero-order valence-electron chi connectivity index (χ0n) is 13.8. The van der Waals surface area contributed by atoms with Crippen LogP contribution >= 0.6 is 11.6 Å². The first-order chi connectivity index (χ1) is 11.5. The molecule has 1 saturated heterocycles. The molecule has 1 aliphatic rings. The van der Waals surface area contributed by atoms with E-state index >= 15 is 0 Å². The number of ether oxygens (including phenoxy) is 1. The molecule has 1 amide bonds. The van der Waals surface area contributed by atoms with E-state index in [0.29, 0.717) is 17.4 Å². The third kappa shape index (κ3) is 3.95. The Morgan fingerprint density at radius 2 is 2.17 bits per heavy atom. The maximum atomic E-state index is 12.1. The Bertz CT molecular complexity index is 714. The van der Waals surface area contributed by atoms with Crippen LogP contribution in [0.3, 0.4) is 0 Å². The minimum Gasteiger partial charge on any atom is -0.372 e. The molecule has 2 N–H and O–H groups in total. The lowest BCUT2D eigenvalue weighted by atomic mass is 10.0. The number of carbonyl (C=O) groups is 1. The molecular weight excluding hydrogens is 328 g/mol. The second-order valence-electron chi connectivity index (χ2n) is 5.96.